The van der Waals surface area contributed by atoms with Crippen LogP contribution in [0.4, 0.5) is 0 Å². The van der Waals surface area contributed by atoms with Crippen molar-refractivity contribution < 1.29 is 9.90 Å². The number of aryl methyl sites for hydroxylation is 2. The molecule has 1 N–H and O–H groups in total. The number of rotatable bonds is 4. The lowest BCUT2D eigenvalue weighted by Crippen LogP contribution is -2.06. The van der Waals surface area contributed by atoms with Crippen LogP contribution in [0.15, 0.2) is 24.3 Å². The number of hydrogen-bond acceptors (Lipinski definition) is 3. The molecule has 0 fully saturated rings. The molecule has 0 aliphatic carbocycles. The van der Waals surface area contributed by atoms with Crippen LogP contribution in [0.5, 0.6) is 0 Å². The van der Waals surface area contributed by atoms with Crippen molar-refractivity contribution in [3.8, 4) is 11.3 Å². The van der Waals surface area contributed by atoms with Crippen LogP contribution in [0.2, 0.25) is 0 Å². The Bertz CT molecular complexity index is 873. The monoisotopic (exact) mass is 328 g/mol. The summed E-state index contributed by atoms with van der Waals surface area (Å²) in [5.74, 6) is -0.483. The fourth-order valence-electron chi connectivity index (χ4n) is 2.84. The Kier molecular flexibility index (Phi) is 3.98. The van der Waals surface area contributed by atoms with E-state index in [1.54, 1.807) is 0 Å². The lowest BCUT2D eigenvalue weighted by atomic mass is 10.1. The van der Waals surface area contributed by atoms with E-state index in [1.807, 2.05) is 11.3 Å². The number of carbonyl (C=O) groups is 1. The Hall–Kier alpha value is -2.14. The molecule has 1 aromatic carbocycles. The first-order chi connectivity index (χ1) is 10.9. The highest BCUT2D eigenvalue weighted by Gasteiger charge is 2.23. The van der Waals surface area contributed by atoms with Crippen molar-refractivity contribution in [2.24, 2.45) is 5.92 Å². The van der Waals surface area contributed by atoms with Crippen LogP contribution < -0.4 is 0 Å². The first kappa shape index (κ1) is 15.7. The largest absolute Gasteiger partial charge is 0.477 e. The standard InChI is InChI=1S/C18H20N2O2S/c1-10(2)9-14-16(17(21)22)23-18-19-15(12(4)20(14)18)13-7-5-11(3)6-8-13/h5-8,10H,9H2,1-4H3,(H,21,22). The number of hydrogen-bond donors (Lipinski definition) is 1. The minimum Gasteiger partial charge on any atom is -0.477 e. The van der Waals surface area contributed by atoms with E-state index in [-0.39, 0.29) is 0 Å². The summed E-state index contributed by atoms with van der Waals surface area (Å²) in [7, 11) is 0. The lowest BCUT2D eigenvalue weighted by Gasteiger charge is -2.07. The van der Waals surface area contributed by atoms with E-state index < -0.39 is 5.97 Å². The smallest absolute Gasteiger partial charge is 0.347 e. The molecule has 5 heteroatoms. The first-order valence-electron chi connectivity index (χ1n) is 7.69. The third-order valence-corrected chi connectivity index (χ3v) is 4.99. The predicted octanol–water partition coefficient (Wildman–Crippen LogP) is 4.58. The fourth-order valence-corrected chi connectivity index (χ4v) is 3.87. The van der Waals surface area contributed by atoms with Crippen molar-refractivity contribution in [2.75, 3.05) is 0 Å². The topological polar surface area (TPSA) is 54.6 Å². The van der Waals surface area contributed by atoms with E-state index in [0.717, 1.165) is 34.0 Å². The zero-order valence-corrected chi connectivity index (χ0v) is 14.6. The maximum absolute atomic E-state index is 11.5. The molecule has 0 unspecified atom stereocenters. The fraction of sp³-hybridized carbons (Fsp3) is 0.333. The van der Waals surface area contributed by atoms with Gasteiger partial charge in [0.05, 0.1) is 11.4 Å². The molecule has 3 aromatic rings. The van der Waals surface area contributed by atoms with Gasteiger partial charge in [-0.3, -0.25) is 4.40 Å². The highest BCUT2D eigenvalue weighted by molar-refractivity contribution is 7.19. The molecule has 0 saturated heterocycles. The Morgan fingerprint density at radius 3 is 2.48 bits per heavy atom. The molecule has 23 heavy (non-hydrogen) atoms. The summed E-state index contributed by atoms with van der Waals surface area (Å²) in [5, 5.41) is 9.48. The van der Waals surface area contributed by atoms with Gasteiger partial charge >= 0.3 is 5.97 Å². The summed E-state index contributed by atoms with van der Waals surface area (Å²) in [6.07, 6.45) is 0.728. The Labute approximate surface area is 139 Å². The van der Waals surface area contributed by atoms with Crippen LogP contribution in [0.1, 0.15) is 40.5 Å². The highest BCUT2D eigenvalue weighted by Crippen LogP contribution is 2.32. The molecule has 4 nitrogen and oxygen atoms in total. The Balaban J connectivity index is 2.21. The second-order valence-corrected chi connectivity index (χ2v) is 7.29. The summed E-state index contributed by atoms with van der Waals surface area (Å²) in [5.41, 5.74) is 5.06. The van der Waals surface area contributed by atoms with Gasteiger partial charge in [-0.15, -0.1) is 0 Å². The zero-order chi connectivity index (χ0) is 16.7. The number of aromatic carboxylic acids is 1. The second kappa shape index (κ2) is 5.81. The summed E-state index contributed by atoms with van der Waals surface area (Å²) < 4.78 is 2.02. The number of carboxylic acids is 1. The molecular weight excluding hydrogens is 308 g/mol. The van der Waals surface area contributed by atoms with Crippen LogP contribution in [-0.2, 0) is 6.42 Å². The van der Waals surface area contributed by atoms with Crippen LogP contribution in [0.25, 0.3) is 16.2 Å². The molecule has 0 aliphatic rings. The van der Waals surface area contributed by atoms with Crippen LogP contribution in [-0.4, -0.2) is 20.5 Å². The zero-order valence-electron chi connectivity index (χ0n) is 13.8. The number of benzene rings is 1. The molecule has 0 atom stereocenters. The van der Waals surface area contributed by atoms with Gasteiger partial charge in [0.25, 0.3) is 0 Å². The molecule has 3 rings (SSSR count). The van der Waals surface area contributed by atoms with Gasteiger partial charge in [0.2, 0.25) is 0 Å². The van der Waals surface area contributed by atoms with E-state index in [1.165, 1.54) is 16.9 Å². The van der Waals surface area contributed by atoms with Crippen molar-refractivity contribution in [2.45, 2.75) is 34.1 Å². The molecule has 0 spiro atoms. The molecule has 0 aliphatic heterocycles. The quantitative estimate of drug-likeness (QED) is 0.763. The molecule has 2 aromatic heterocycles. The molecule has 120 valence electrons. The van der Waals surface area contributed by atoms with Crippen molar-refractivity contribution in [1.29, 1.82) is 0 Å². The number of imidazole rings is 1. The number of fused-ring (bicyclic) bond motifs is 1. The second-order valence-electron chi connectivity index (χ2n) is 6.31. The lowest BCUT2D eigenvalue weighted by molar-refractivity contribution is 0.0700. The molecule has 2 heterocycles. The van der Waals surface area contributed by atoms with E-state index in [9.17, 15) is 9.90 Å². The van der Waals surface area contributed by atoms with E-state index >= 15 is 0 Å². The van der Waals surface area contributed by atoms with Gasteiger partial charge in [0.1, 0.15) is 4.88 Å². The van der Waals surface area contributed by atoms with Crippen molar-refractivity contribution in [1.82, 2.24) is 9.38 Å². The summed E-state index contributed by atoms with van der Waals surface area (Å²) in [6.45, 7) is 8.27. The SMILES string of the molecule is Cc1ccc(-c2nc3sc(C(=O)O)c(CC(C)C)n3c2C)cc1. The van der Waals surface area contributed by atoms with Crippen LogP contribution >= 0.6 is 11.3 Å². The number of carboxylic acid groups (broad SMARTS) is 1. The van der Waals surface area contributed by atoms with Gasteiger partial charge in [-0.1, -0.05) is 55.0 Å². The van der Waals surface area contributed by atoms with E-state index in [0.29, 0.717) is 10.8 Å². The third-order valence-electron chi connectivity index (χ3n) is 3.92. The minimum absolute atomic E-state index is 0.385. The normalized spacial score (nSPS) is 11.5. The van der Waals surface area contributed by atoms with Crippen LogP contribution in [0.3, 0.4) is 0 Å². The number of nitrogens with zero attached hydrogens (tertiary/aromatic N) is 2. The maximum atomic E-state index is 11.5. The minimum atomic E-state index is -0.868. The molecule has 0 bridgehead atoms. The van der Waals surface area contributed by atoms with Gasteiger partial charge in [0, 0.05) is 11.3 Å². The first-order valence-corrected chi connectivity index (χ1v) is 8.51. The average molecular weight is 328 g/mol. The predicted molar refractivity (Wildman–Crippen MR) is 93.5 cm³/mol. The average Bonchev–Trinajstić information content (AvgIpc) is 2.98. The number of thiazole rings is 1. The van der Waals surface area contributed by atoms with Gasteiger partial charge in [-0.05, 0) is 26.2 Å². The molecule has 0 saturated carbocycles. The van der Waals surface area contributed by atoms with E-state index in [4.69, 9.17) is 4.98 Å². The Morgan fingerprint density at radius 1 is 1.26 bits per heavy atom. The molecule has 0 radical (unpaired) electrons. The van der Waals surface area contributed by atoms with Gasteiger partial charge < -0.3 is 5.11 Å². The van der Waals surface area contributed by atoms with Crippen molar-refractivity contribution in [3.63, 3.8) is 0 Å². The summed E-state index contributed by atoms with van der Waals surface area (Å²) >= 11 is 1.26. The maximum Gasteiger partial charge on any atom is 0.347 e. The van der Waals surface area contributed by atoms with Crippen LogP contribution in [0, 0.1) is 19.8 Å². The Morgan fingerprint density at radius 2 is 1.91 bits per heavy atom. The summed E-state index contributed by atoms with van der Waals surface area (Å²) in [6, 6.07) is 8.27. The van der Waals surface area contributed by atoms with Crippen molar-refractivity contribution >= 4 is 22.3 Å². The van der Waals surface area contributed by atoms with Crippen molar-refractivity contribution in [3.05, 3.63) is 46.1 Å². The molecular formula is C18H20N2O2S. The number of aromatic nitrogens is 2. The molecule has 0 amide bonds. The highest BCUT2D eigenvalue weighted by atomic mass is 32.1. The van der Waals surface area contributed by atoms with Gasteiger partial charge in [0.15, 0.2) is 4.96 Å². The summed E-state index contributed by atoms with van der Waals surface area (Å²) in [4.78, 5) is 17.4. The van der Waals surface area contributed by atoms with Gasteiger partial charge in [-0.25, -0.2) is 9.78 Å². The van der Waals surface area contributed by atoms with Gasteiger partial charge in [-0.2, -0.15) is 0 Å². The van der Waals surface area contributed by atoms with E-state index in [2.05, 4.69) is 45.0 Å². The third kappa shape index (κ3) is 2.77.